The summed E-state index contributed by atoms with van der Waals surface area (Å²) < 4.78 is 13.7. The quantitative estimate of drug-likeness (QED) is 0.728. The number of nitrogens with two attached hydrogens (primary N) is 1. The van der Waals surface area contributed by atoms with Crippen LogP contribution >= 0.6 is 0 Å². The molecule has 1 aliphatic heterocycles. The molecule has 0 fully saturated rings. The first-order valence-corrected chi connectivity index (χ1v) is 5.33. The Morgan fingerprint density at radius 3 is 2.67 bits per heavy atom. The first-order chi connectivity index (χ1) is 8.50. The van der Waals surface area contributed by atoms with Crippen molar-refractivity contribution in [3.63, 3.8) is 0 Å². The molecule has 0 radical (unpaired) electrons. The van der Waals surface area contributed by atoms with E-state index in [4.69, 9.17) is 5.73 Å². The Kier molecular flexibility index (Phi) is 3.01. The predicted octanol–water partition coefficient (Wildman–Crippen LogP) is 0.939. The summed E-state index contributed by atoms with van der Waals surface area (Å²) in [7, 11) is 0. The topological polar surface area (TPSA) is 84.2 Å². The Hall–Kier alpha value is -2.37. The molecular weight excluding hydrogens is 237 g/mol. The van der Waals surface area contributed by atoms with Gasteiger partial charge in [-0.2, -0.15) is 0 Å². The van der Waals surface area contributed by atoms with Crippen LogP contribution < -0.4 is 16.4 Å². The second kappa shape index (κ2) is 4.48. The molecule has 0 unspecified atom stereocenters. The van der Waals surface area contributed by atoms with Gasteiger partial charge < -0.3 is 16.4 Å². The maximum atomic E-state index is 13.7. The standard InChI is InChI=1S/C12H12FN3O2/c1-6-9(11(14)17)10(16-12(18)15-6)7-4-2-3-5-8(7)13/h2-5,10H,1H3,(H2,14,17)(H2,15,16,18)/t10-/m1/s1. The zero-order chi connectivity index (χ0) is 13.3. The van der Waals surface area contributed by atoms with Gasteiger partial charge >= 0.3 is 6.03 Å². The SMILES string of the molecule is CC1=C(C(N)=O)[C@@H](c2ccccc2F)NC(=O)N1. The Morgan fingerprint density at radius 1 is 1.39 bits per heavy atom. The number of amides is 3. The summed E-state index contributed by atoms with van der Waals surface area (Å²) in [5, 5.41) is 4.92. The lowest BCUT2D eigenvalue weighted by Crippen LogP contribution is -2.46. The smallest absolute Gasteiger partial charge is 0.319 e. The molecule has 6 heteroatoms. The van der Waals surface area contributed by atoms with E-state index in [9.17, 15) is 14.0 Å². The molecule has 5 nitrogen and oxygen atoms in total. The average Bonchev–Trinajstić information content (AvgIpc) is 2.27. The van der Waals surface area contributed by atoms with Crippen molar-refractivity contribution >= 4 is 11.9 Å². The van der Waals surface area contributed by atoms with E-state index in [0.29, 0.717) is 5.70 Å². The Labute approximate surface area is 103 Å². The lowest BCUT2D eigenvalue weighted by atomic mass is 9.95. The molecule has 18 heavy (non-hydrogen) atoms. The van der Waals surface area contributed by atoms with Crippen LogP contribution in [0.2, 0.25) is 0 Å². The van der Waals surface area contributed by atoms with E-state index < -0.39 is 23.8 Å². The summed E-state index contributed by atoms with van der Waals surface area (Å²) in [6.45, 7) is 1.55. The predicted molar refractivity (Wildman–Crippen MR) is 62.7 cm³/mol. The Morgan fingerprint density at radius 2 is 2.06 bits per heavy atom. The van der Waals surface area contributed by atoms with Gasteiger partial charge in [-0.25, -0.2) is 9.18 Å². The largest absolute Gasteiger partial charge is 0.366 e. The number of benzene rings is 1. The first kappa shape index (κ1) is 12.1. The number of hydrogen-bond donors (Lipinski definition) is 3. The molecule has 3 amide bonds. The van der Waals surface area contributed by atoms with Crippen molar-refractivity contribution in [1.29, 1.82) is 0 Å². The Balaban J connectivity index is 2.54. The number of carbonyl (C=O) groups is 2. The van der Waals surface area contributed by atoms with E-state index in [1.165, 1.54) is 18.2 Å². The number of halogens is 1. The van der Waals surface area contributed by atoms with Crippen molar-refractivity contribution < 1.29 is 14.0 Å². The molecule has 1 aromatic carbocycles. The molecule has 2 rings (SSSR count). The highest BCUT2D eigenvalue weighted by Crippen LogP contribution is 2.27. The Bertz CT molecular complexity index is 554. The van der Waals surface area contributed by atoms with Crippen molar-refractivity contribution in [2.75, 3.05) is 0 Å². The number of rotatable bonds is 2. The van der Waals surface area contributed by atoms with E-state index in [2.05, 4.69) is 10.6 Å². The molecule has 1 heterocycles. The maximum Gasteiger partial charge on any atom is 0.319 e. The molecule has 94 valence electrons. The molecule has 0 aromatic heterocycles. The van der Waals surface area contributed by atoms with E-state index in [0.717, 1.165) is 0 Å². The summed E-state index contributed by atoms with van der Waals surface area (Å²) >= 11 is 0. The summed E-state index contributed by atoms with van der Waals surface area (Å²) in [6, 6.07) is 4.56. The second-order valence-corrected chi connectivity index (χ2v) is 3.96. The van der Waals surface area contributed by atoms with Crippen LogP contribution in [0, 0.1) is 5.82 Å². The molecule has 1 aliphatic rings. The first-order valence-electron chi connectivity index (χ1n) is 5.33. The van der Waals surface area contributed by atoms with Gasteiger partial charge in [-0.15, -0.1) is 0 Å². The third-order valence-electron chi connectivity index (χ3n) is 2.75. The van der Waals surface area contributed by atoms with Gasteiger partial charge in [0.05, 0.1) is 11.6 Å². The third-order valence-corrected chi connectivity index (χ3v) is 2.75. The minimum atomic E-state index is -0.863. The van der Waals surface area contributed by atoms with Crippen molar-refractivity contribution in [2.45, 2.75) is 13.0 Å². The van der Waals surface area contributed by atoms with Crippen molar-refractivity contribution in [1.82, 2.24) is 10.6 Å². The fourth-order valence-corrected chi connectivity index (χ4v) is 1.96. The summed E-state index contributed by atoms with van der Waals surface area (Å²) in [4.78, 5) is 22.8. The van der Waals surface area contributed by atoms with E-state index in [1.54, 1.807) is 13.0 Å². The van der Waals surface area contributed by atoms with Crippen LogP contribution in [0.1, 0.15) is 18.5 Å². The highest BCUT2D eigenvalue weighted by molar-refractivity contribution is 5.97. The fourth-order valence-electron chi connectivity index (χ4n) is 1.96. The molecule has 1 aromatic rings. The zero-order valence-electron chi connectivity index (χ0n) is 9.66. The van der Waals surface area contributed by atoms with Gasteiger partial charge in [0.25, 0.3) is 0 Å². The monoisotopic (exact) mass is 249 g/mol. The number of hydrogen-bond acceptors (Lipinski definition) is 2. The van der Waals surface area contributed by atoms with Crippen LogP contribution in [-0.2, 0) is 4.79 Å². The second-order valence-electron chi connectivity index (χ2n) is 3.96. The fraction of sp³-hybridized carbons (Fsp3) is 0.167. The lowest BCUT2D eigenvalue weighted by molar-refractivity contribution is -0.115. The van der Waals surface area contributed by atoms with E-state index in [-0.39, 0.29) is 11.1 Å². The highest BCUT2D eigenvalue weighted by Gasteiger charge is 2.31. The van der Waals surface area contributed by atoms with Crippen LogP contribution in [-0.4, -0.2) is 11.9 Å². The number of urea groups is 1. The van der Waals surface area contributed by atoms with Crippen LogP contribution in [0.25, 0.3) is 0 Å². The molecule has 0 bridgehead atoms. The maximum absolute atomic E-state index is 13.7. The van der Waals surface area contributed by atoms with Crippen LogP contribution in [0.15, 0.2) is 35.5 Å². The van der Waals surface area contributed by atoms with Crippen molar-refractivity contribution in [2.24, 2.45) is 5.73 Å². The van der Waals surface area contributed by atoms with Crippen molar-refractivity contribution in [3.8, 4) is 0 Å². The van der Waals surface area contributed by atoms with Gasteiger partial charge in [0.1, 0.15) is 5.82 Å². The minimum absolute atomic E-state index is 0.153. The van der Waals surface area contributed by atoms with Gasteiger partial charge in [-0.05, 0) is 13.0 Å². The van der Waals surface area contributed by atoms with Crippen LogP contribution in [0.4, 0.5) is 9.18 Å². The van der Waals surface area contributed by atoms with Crippen LogP contribution in [0.3, 0.4) is 0 Å². The van der Waals surface area contributed by atoms with Gasteiger partial charge in [0.2, 0.25) is 5.91 Å². The molecule has 1 atom stereocenters. The van der Waals surface area contributed by atoms with E-state index >= 15 is 0 Å². The lowest BCUT2D eigenvalue weighted by Gasteiger charge is -2.27. The number of carbonyl (C=O) groups excluding carboxylic acids is 2. The van der Waals surface area contributed by atoms with Gasteiger partial charge in [-0.3, -0.25) is 4.79 Å². The molecule has 0 aliphatic carbocycles. The third kappa shape index (κ3) is 2.04. The van der Waals surface area contributed by atoms with Gasteiger partial charge in [0, 0.05) is 11.3 Å². The zero-order valence-corrected chi connectivity index (χ0v) is 9.66. The van der Waals surface area contributed by atoms with E-state index in [1.807, 2.05) is 0 Å². The molecule has 0 saturated heterocycles. The summed E-state index contributed by atoms with van der Waals surface area (Å²) in [5.41, 5.74) is 5.96. The van der Waals surface area contributed by atoms with Crippen LogP contribution in [0.5, 0.6) is 0 Å². The number of nitrogens with one attached hydrogen (secondary N) is 2. The molecule has 0 saturated carbocycles. The molecule has 0 spiro atoms. The normalized spacial score (nSPS) is 19.2. The average molecular weight is 249 g/mol. The van der Waals surface area contributed by atoms with Gasteiger partial charge in [0.15, 0.2) is 0 Å². The summed E-state index contributed by atoms with van der Waals surface area (Å²) in [5.74, 6) is -1.20. The molecular formula is C12H12FN3O2. The van der Waals surface area contributed by atoms with Crippen molar-refractivity contribution in [3.05, 3.63) is 46.9 Å². The van der Waals surface area contributed by atoms with Gasteiger partial charge in [-0.1, -0.05) is 18.2 Å². The molecule has 4 N–H and O–H groups in total. The summed E-state index contributed by atoms with van der Waals surface area (Å²) in [6.07, 6.45) is 0. The highest BCUT2D eigenvalue weighted by atomic mass is 19.1. The number of allylic oxidation sites excluding steroid dienone is 1. The number of primary amides is 1. The minimum Gasteiger partial charge on any atom is -0.366 e.